The zero-order valence-electron chi connectivity index (χ0n) is 9.29. The van der Waals surface area contributed by atoms with Crippen molar-refractivity contribution in [3.8, 4) is 0 Å². The molecule has 0 saturated carbocycles. The third-order valence-corrected chi connectivity index (χ3v) is 2.87. The third kappa shape index (κ3) is 3.31. The van der Waals surface area contributed by atoms with Crippen molar-refractivity contribution in [1.82, 2.24) is 4.98 Å². The second-order valence-corrected chi connectivity index (χ2v) is 6.21. The molecule has 1 heterocycles. The largest absolute Gasteiger partial charge is 0.326 e. The Hall–Kier alpha value is -0.540. The van der Waals surface area contributed by atoms with Crippen LogP contribution >= 0.6 is 11.8 Å². The zero-order valence-corrected chi connectivity index (χ0v) is 10.1. The lowest BCUT2D eigenvalue weighted by Crippen LogP contribution is -2.08. The molecule has 0 atom stereocenters. The number of nitrogens with zero attached hydrogens (tertiary/aromatic N) is 1. The Labute approximate surface area is 90.3 Å². The fourth-order valence-electron chi connectivity index (χ4n) is 1.14. The van der Waals surface area contributed by atoms with Gasteiger partial charge in [0.1, 0.15) is 0 Å². The van der Waals surface area contributed by atoms with Gasteiger partial charge in [-0.2, -0.15) is 0 Å². The second kappa shape index (κ2) is 4.32. The van der Waals surface area contributed by atoms with E-state index in [0.717, 1.165) is 10.6 Å². The van der Waals surface area contributed by atoms with Gasteiger partial charge < -0.3 is 5.73 Å². The molecule has 2 nitrogen and oxygen atoms in total. The quantitative estimate of drug-likeness (QED) is 0.763. The van der Waals surface area contributed by atoms with Gasteiger partial charge in [0, 0.05) is 17.5 Å². The van der Waals surface area contributed by atoms with Crippen LogP contribution < -0.4 is 5.73 Å². The number of aryl methyl sites for hydroxylation is 1. The van der Waals surface area contributed by atoms with E-state index in [2.05, 4.69) is 38.7 Å². The van der Waals surface area contributed by atoms with Gasteiger partial charge in [-0.1, -0.05) is 20.8 Å². The summed E-state index contributed by atoms with van der Waals surface area (Å²) in [6.07, 6.45) is 1.88. The predicted molar refractivity (Wildman–Crippen MR) is 62.5 cm³/mol. The number of pyridine rings is 1. The van der Waals surface area contributed by atoms with Crippen molar-refractivity contribution < 1.29 is 0 Å². The van der Waals surface area contributed by atoms with Gasteiger partial charge in [0.15, 0.2) is 0 Å². The summed E-state index contributed by atoms with van der Waals surface area (Å²) in [5.74, 6) is 0. The number of nitrogens with two attached hydrogens (primary N) is 1. The summed E-state index contributed by atoms with van der Waals surface area (Å²) in [6.45, 7) is 9.21. The highest BCUT2D eigenvalue weighted by atomic mass is 32.2. The molecule has 2 N–H and O–H groups in total. The van der Waals surface area contributed by atoms with E-state index in [1.165, 1.54) is 5.56 Å². The molecule has 14 heavy (non-hydrogen) atoms. The van der Waals surface area contributed by atoms with Crippen LogP contribution in [0.1, 0.15) is 31.9 Å². The summed E-state index contributed by atoms with van der Waals surface area (Å²) in [5, 5.41) is 1.08. The molecule has 0 aliphatic carbocycles. The van der Waals surface area contributed by atoms with E-state index in [0.29, 0.717) is 6.54 Å². The Morgan fingerprint density at radius 3 is 2.50 bits per heavy atom. The minimum absolute atomic E-state index is 0.212. The highest BCUT2D eigenvalue weighted by Crippen LogP contribution is 2.30. The molecule has 0 aliphatic rings. The van der Waals surface area contributed by atoms with Crippen LogP contribution in [0.3, 0.4) is 0 Å². The summed E-state index contributed by atoms with van der Waals surface area (Å²) in [4.78, 5) is 4.38. The fraction of sp³-hybridized carbons (Fsp3) is 0.545. The predicted octanol–water partition coefficient (Wildman–Crippen LogP) is 2.74. The highest BCUT2D eigenvalue weighted by molar-refractivity contribution is 8.00. The molecule has 3 heteroatoms. The fourth-order valence-corrected chi connectivity index (χ4v) is 2.11. The Bertz CT molecular complexity index is 316. The van der Waals surface area contributed by atoms with Crippen LogP contribution in [0.5, 0.6) is 0 Å². The lowest BCUT2D eigenvalue weighted by molar-refractivity contribution is 0.798. The lowest BCUT2D eigenvalue weighted by atomic mass is 10.2. The van der Waals surface area contributed by atoms with Crippen LogP contribution in [-0.2, 0) is 6.54 Å². The van der Waals surface area contributed by atoms with Gasteiger partial charge in [0.25, 0.3) is 0 Å². The monoisotopic (exact) mass is 210 g/mol. The normalized spacial score (nSPS) is 11.8. The first-order chi connectivity index (χ1) is 6.42. The van der Waals surface area contributed by atoms with E-state index in [-0.39, 0.29) is 4.75 Å². The Morgan fingerprint density at radius 1 is 1.43 bits per heavy atom. The summed E-state index contributed by atoms with van der Waals surface area (Å²) in [6, 6.07) is 2.11. The Kier molecular flexibility index (Phi) is 3.56. The maximum Gasteiger partial charge on any atom is 0.0967 e. The van der Waals surface area contributed by atoms with Crippen molar-refractivity contribution in [2.75, 3.05) is 0 Å². The van der Waals surface area contributed by atoms with E-state index in [9.17, 15) is 0 Å². The molecule has 0 fully saturated rings. The number of aromatic nitrogens is 1. The lowest BCUT2D eigenvalue weighted by Gasteiger charge is -2.17. The number of thioether (sulfide) groups is 1. The van der Waals surface area contributed by atoms with Gasteiger partial charge >= 0.3 is 0 Å². The minimum Gasteiger partial charge on any atom is -0.326 e. The van der Waals surface area contributed by atoms with E-state index < -0.39 is 0 Å². The third-order valence-electron chi connectivity index (χ3n) is 1.82. The smallest absolute Gasteiger partial charge is 0.0967 e. The van der Waals surface area contributed by atoms with Gasteiger partial charge in [-0.3, -0.25) is 0 Å². The molecule has 0 bridgehead atoms. The van der Waals surface area contributed by atoms with Crippen molar-refractivity contribution in [1.29, 1.82) is 0 Å². The summed E-state index contributed by atoms with van der Waals surface area (Å²) in [7, 11) is 0. The van der Waals surface area contributed by atoms with Crippen molar-refractivity contribution in [3.63, 3.8) is 0 Å². The number of rotatable bonds is 2. The first-order valence-corrected chi connectivity index (χ1v) is 5.58. The van der Waals surface area contributed by atoms with Crippen LogP contribution in [0, 0.1) is 6.92 Å². The van der Waals surface area contributed by atoms with E-state index in [1.807, 2.05) is 6.20 Å². The molecule has 1 aromatic heterocycles. The number of hydrogen-bond acceptors (Lipinski definition) is 3. The van der Waals surface area contributed by atoms with Crippen LogP contribution in [0.2, 0.25) is 0 Å². The molecule has 78 valence electrons. The van der Waals surface area contributed by atoms with Crippen molar-refractivity contribution in [2.45, 2.75) is 44.0 Å². The minimum atomic E-state index is 0.212. The molecular weight excluding hydrogens is 192 g/mol. The molecule has 0 saturated heterocycles. The van der Waals surface area contributed by atoms with Crippen LogP contribution in [0.15, 0.2) is 17.3 Å². The molecule has 1 aromatic rings. The van der Waals surface area contributed by atoms with Gasteiger partial charge in [0.05, 0.1) is 5.03 Å². The second-order valence-electron chi connectivity index (χ2n) is 4.37. The molecule has 0 aliphatic heterocycles. The summed E-state index contributed by atoms with van der Waals surface area (Å²) < 4.78 is 0.212. The van der Waals surface area contributed by atoms with E-state index in [4.69, 9.17) is 5.73 Å². The van der Waals surface area contributed by atoms with Crippen LogP contribution in [0.4, 0.5) is 0 Å². The van der Waals surface area contributed by atoms with Gasteiger partial charge in [-0.25, -0.2) is 4.98 Å². The SMILES string of the molecule is Cc1cc(SC(C)(C)C)ncc1CN. The molecule has 0 aromatic carbocycles. The van der Waals surface area contributed by atoms with Crippen LogP contribution in [0.25, 0.3) is 0 Å². The van der Waals surface area contributed by atoms with Gasteiger partial charge in [-0.15, -0.1) is 11.8 Å². The Morgan fingerprint density at radius 2 is 2.07 bits per heavy atom. The maximum atomic E-state index is 5.58. The summed E-state index contributed by atoms with van der Waals surface area (Å²) >= 11 is 1.78. The number of hydrogen-bond donors (Lipinski definition) is 1. The standard InChI is InChI=1S/C11H18N2S/c1-8-5-10(14-11(2,3)4)13-7-9(8)6-12/h5,7H,6,12H2,1-4H3. The van der Waals surface area contributed by atoms with Crippen molar-refractivity contribution in [3.05, 3.63) is 23.4 Å². The van der Waals surface area contributed by atoms with E-state index >= 15 is 0 Å². The topological polar surface area (TPSA) is 38.9 Å². The molecule has 0 spiro atoms. The maximum absolute atomic E-state index is 5.58. The van der Waals surface area contributed by atoms with Crippen LogP contribution in [-0.4, -0.2) is 9.73 Å². The first kappa shape index (κ1) is 11.5. The molecule has 0 unspecified atom stereocenters. The molecular formula is C11H18N2S. The van der Waals surface area contributed by atoms with Gasteiger partial charge in [0.2, 0.25) is 0 Å². The van der Waals surface area contributed by atoms with E-state index in [1.54, 1.807) is 11.8 Å². The summed E-state index contributed by atoms with van der Waals surface area (Å²) in [5.41, 5.74) is 7.94. The van der Waals surface area contributed by atoms with Gasteiger partial charge in [-0.05, 0) is 24.1 Å². The Balaban J connectivity index is 2.87. The average Bonchev–Trinajstić information content (AvgIpc) is 2.01. The average molecular weight is 210 g/mol. The molecule has 0 amide bonds. The molecule has 0 radical (unpaired) electrons. The first-order valence-electron chi connectivity index (χ1n) is 4.77. The highest BCUT2D eigenvalue weighted by Gasteiger charge is 2.13. The van der Waals surface area contributed by atoms with Crippen molar-refractivity contribution >= 4 is 11.8 Å². The zero-order chi connectivity index (χ0) is 10.8. The van der Waals surface area contributed by atoms with Crippen molar-refractivity contribution in [2.24, 2.45) is 5.73 Å². The molecule has 1 rings (SSSR count).